The monoisotopic (exact) mass is 319 g/mol. The highest BCUT2D eigenvalue weighted by Crippen LogP contribution is 2.38. The summed E-state index contributed by atoms with van der Waals surface area (Å²) in [5.74, 6) is -0.848. The van der Waals surface area contributed by atoms with E-state index in [2.05, 4.69) is 4.57 Å². The third-order valence-corrected chi connectivity index (χ3v) is 5.09. The van der Waals surface area contributed by atoms with Crippen LogP contribution in [-0.4, -0.2) is 33.6 Å². The molecule has 2 aliphatic rings. The Morgan fingerprint density at radius 3 is 2.52 bits per heavy atom. The summed E-state index contributed by atoms with van der Waals surface area (Å²) in [6.45, 7) is 3.64. The van der Waals surface area contributed by atoms with E-state index >= 15 is 0 Å². The first kappa shape index (κ1) is 16.2. The van der Waals surface area contributed by atoms with Gasteiger partial charge in [0, 0.05) is 23.0 Å². The molecule has 2 fully saturated rings. The van der Waals surface area contributed by atoms with Crippen molar-refractivity contribution in [3.8, 4) is 0 Å². The number of aliphatic hydroxyl groups is 1. The van der Waals surface area contributed by atoms with Crippen molar-refractivity contribution in [2.75, 3.05) is 6.61 Å². The summed E-state index contributed by atoms with van der Waals surface area (Å²) in [5, 5.41) is 10.3. The topological polar surface area (TPSA) is 68.5 Å². The molecule has 1 N–H and O–H groups in total. The maximum atomic E-state index is 12.4. The van der Waals surface area contributed by atoms with Crippen molar-refractivity contribution in [3.63, 3.8) is 0 Å². The number of aromatic nitrogens is 1. The van der Waals surface area contributed by atoms with Crippen LogP contribution < -0.4 is 0 Å². The zero-order chi connectivity index (χ0) is 16.6. The molecule has 3 rings (SSSR count). The van der Waals surface area contributed by atoms with Gasteiger partial charge in [0.25, 0.3) is 0 Å². The van der Waals surface area contributed by atoms with Gasteiger partial charge < -0.3 is 14.4 Å². The Morgan fingerprint density at radius 1 is 1.26 bits per heavy atom. The summed E-state index contributed by atoms with van der Waals surface area (Å²) in [4.78, 5) is 24.5. The van der Waals surface area contributed by atoms with Gasteiger partial charge in [0.05, 0.1) is 0 Å². The molecule has 1 aromatic heterocycles. The van der Waals surface area contributed by atoms with E-state index in [0.29, 0.717) is 24.4 Å². The number of ketones is 1. The molecule has 1 aromatic rings. The third kappa shape index (κ3) is 3.20. The molecule has 0 atom stereocenters. The maximum Gasteiger partial charge on any atom is 0.338 e. The number of hydrogen-bond donors (Lipinski definition) is 1. The summed E-state index contributed by atoms with van der Waals surface area (Å²) in [5.41, 5.74) is 1.24. The molecule has 5 nitrogen and oxygen atoms in total. The number of hydrogen-bond acceptors (Lipinski definition) is 4. The zero-order valence-corrected chi connectivity index (χ0v) is 13.9. The summed E-state index contributed by atoms with van der Waals surface area (Å²) < 4.78 is 7.33. The predicted molar refractivity (Wildman–Crippen MR) is 85.5 cm³/mol. The van der Waals surface area contributed by atoms with Gasteiger partial charge in [0.15, 0.2) is 12.2 Å². The lowest BCUT2D eigenvalue weighted by Gasteiger charge is -2.29. The van der Waals surface area contributed by atoms with Gasteiger partial charge in [-0.1, -0.05) is 6.42 Å². The van der Waals surface area contributed by atoms with Crippen molar-refractivity contribution in [1.82, 2.24) is 4.57 Å². The minimum Gasteiger partial charge on any atom is -0.455 e. The highest BCUT2D eigenvalue weighted by molar-refractivity contribution is 5.99. The number of nitrogens with zero attached hydrogens (tertiary/aromatic N) is 1. The van der Waals surface area contributed by atoms with Crippen LogP contribution in [0.25, 0.3) is 0 Å². The van der Waals surface area contributed by atoms with E-state index in [9.17, 15) is 14.7 Å². The highest BCUT2D eigenvalue weighted by atomic mass is 16.6. The van der Waals surface area contributed by atoms with E-state index in [4.69, 9.17) is 4.74 Å². The van der Waals surface area contributed by atoms with E-state index < -0.39 is 11.6 Å². The summed E-state index contributed by atoms with van der Waals surface area (Å²) >= 11 is 0. The summed E-state index contributed by atoms with van der Waals surface area (Å²) in [6.07, 6.45) is 5.84. The van der Waals surface area contributed by atoms with Crippen LogP contribution in [0.15, 0.2) is 6.07 Å². The van der Waals surface area contributed by atoms with Crippen molar-refractivity contribution in [2.24, 2.45) is 0 Å². The predicted octanol–water partition coefficient (Wildman–Crippen LogP) is 2.86. The van der Waals surface area contributed by atoms with Crippen molar-refractivity contribution >= 4 is 11.8 Å². The fraction of sp³-hybridized carbons (Fsp3) is 0.667. The second-order valence-electron chi connectivity index (χ2n) is 6.98. The molecule has 2 aliphatic carbocycles. The number of aryl methyl sites for hydroxylation is 1. The first-order valence-corrected chi connectivity index (χ1v) is 8.53. The average molecular weight is 319 g/mol. The molecule has 2 saturated carbocycles. The third-order valence-electron chi connectivity index (χ3n) is 5.09. The van der Waals surface area contributed by atoms with Gasteiger partial charge in [-0.15, -0.1) is 0 Å². The Labute approximate surface area is 136 Å². The fourth-order valence-electron chi connectivity index (χ4n) is 3.64. The molecular formula is C18H25NO4. The van der Waals surface area contributed by atoms with Gasteiger partial charge in [0.2, 0.25) is 5.78 Å². The number of ether oxygens (including phenoxy) is 1. The first-order valence-electron chi connectivity index (χ1n) is 8.53. The lowest BCUT2D eigenvalue weighted by atomic mass is 9.85. The molecule has 0 spiro atoms. The molecule has 0 amide bonds. The highest BCUT2D eigenvalue weighted by Gasteiger charge is 2.39. The average Bonchev–Trinajstić information content (AvgIpc) is 3.31. The van der Waals surface area contributed by atoms with Gasteiger partial charge in [-0.05, 0) is 58.4 Å². The molecule has 5 heteroatoms. The van der Waals surface area contributed by atoms with Crippen LogP contribution in [0.1, 0.15) is 72.7 Å². The quantitative estimate of drug-likeness (QED) is 0.669. The van der Waals surface area contributed by atoms with E-state index in [1.807, 2.05) is 19.9 Å². The normalized spacial score (nSPS) is 20.3. The van der Waals surface area contributed by atoms with Crippen LogP contribution in [0.2, 0.25) is 0 Å². The second kappa shape index (κ2) is 6.11. The van der Waals surface area contributed by atoms with E-state index in [1.165, 1.54) is 0 Å². The lowest BCUT2D eigenvalue weighted by Crippen LogP contribution is -2.42. The minimum absolute atomic E-state index is 0.197. The van der Waals surface area contributed by atoms with Crippen LogP contribution >= 0.6 is 0 Å². The maximum absolute atomic E-state index is 12.4. The van der Waals surface area contributed by atoms with Crippen molar-refractivity contribution in [3.05, 3.63) is 23.0 Å². The molecular weight excluding hydrogens is 294 g/mol. The Morgan fingerprint density at radius 2 is 1.91 bits per heavy atom. The van der Waals surface area contributed by atoms with Crippen LogP contribution in [0, 0.1) is 13.8 Å². The number of carbonyl (C=O) groups excluding carboxylic acids is 2. The van der Waals surface area contributed by atoms with E-state index in [1.54, 1.807) is 0 Å². The van der Waals surface area contributed by atoms with E-state index in [-0.39, 0.29) is 12.4 Å². The molecule has 0 unspecified atom stereocenters. The zero-order valence-electron chi connectivity index (χ0n) is 13.9. The van der Waals surface area contributed by atoms with Gasteiger partial charge in [-0.3, -0.25) is 4.79 Å². The molecule has 0 radical (unpaired) electrons. The molecule has 0 aliphatic heterocycles. The summed E-state index contributed by atoms with van der Waals surface area (Å²) in [6, 6.07) is 2.39. The Balaban J connectivity index is 1.63. The number of esters is 1. The largest absolute Gasteiger partial charge is 0.455 e. The SMILES string of the molecule is Cc1cc(C(=O)COC(=O)C2(O)CCCCC2)c(C)n1C1CC1. The lowest BCUT2D eigenvalue weighted by molar-refractivity contribution is -0.167. The Bertz CT molecular complexity index is 621. The minimum atomic E-state index is -1.40. The summed E-state index contributed by atoms with van der Waals surface area (Å²) in [7, 11) is 0. The molecule has 0 bridgehead atoms. The van der Waals surface area contributed by atoms with Crippen LogP contribution in [-0.2, 0) is 9.53 Å². The van der Waals surface area contributed by atoms with Crippen LogP contribution in [0.3, 0.4) is 0 Å². The van der Waals surface area contributed by atoms with Crippen LogP contribution in [0.5, 0.6) is 0 Å². The molecule has 0 saturated heterocycles. The Hall–Kier alpha value is -1.62. The van der Waals surface area contributed by atoms with Crippen molar-refractivity contribution < 1.29 is 19.4 Å². The number of rotatable bonds is 5. The van der Waals surface area contributed by atoms with Gasteiger partial charge in [-0.25, -0.2) is 4.79 Å². The van der Waals surface area contributed by atoms with Crippen molar-refractivity contribution in [1.29, 1.82) is 0 Å². The Kier molecular flexibility index (Phi) is 4.32. The molecule has 0 aromatic carbocycles. The van der Waals surface area contributed by atoms with Gasteiger partial charge in [-0.2, -0.15) is 0 Å². The first-order chi connectivity index (χ1) is 10.9. The van der Waals surface area contributed by atoms with E-state index in [0.717, 1.165) is 43.5 Å². The van der Waals surface area contributed by atoms with Crippen molar-refractivity contribution in [2.45, 2.75) is 70.4 Å². The molecule has 126 valence electrons. The van der Waals surface area contributed by atoms with Crippen LogP contribution in [0.4, 0.5) is 0 Å². The smallest absolute Gasteiger partial charge is 0.338 e. The second-order valence-corrected chi connectivity index (χ2v) is 6.98. The fourth-order valence-corrected chi connectivity index (χ4v) is 3.64. The van der Waals surface area contributed by atoms with Gasteiger partial charge in [0.1, 0.15) is 0 Å². The number of carbonyl (C=O) groups is 2. The molecule has 1 heterocycles. The molecule has 23 heavy (non-hydrogen) atoms. The number of Topliss-reactive ketones (excluding diaryl/α,β-unsaturated/α-hetero) is 1. The standard InChI is InChI=1S/C18H25NO4/c1-12-10-15(13(2)19(12)14-6-7-14)16(20)11-23-17(21)18(22)8-4-3-5-9-18/h10,14,22H,3-9,11H2,1-2H3. The van der Waals surface area contributed by atoms with Gasteiger partial charge >= 0.3 is 5.97 Å².